The van der Waals surface area contributed by atoms with E-state index >= 15 is 0 Å². The van der Waals surface area contributed by atoms with Crippen LogP contribution in [0.15, 0.2) is 23.2 Å². The lowest BCUT2D eigenvalue weighted by molar-refractivity contribution is 0.282. The molecular formula is C11H12N2O. The Balaban J connectivity index is 2.02. The Labute approximate surface area is 82.6 Å². The highest BCUT2D eigenvalue weighted by Gasteiger charge is 2.24. The van der Waals surface area contributed by atoms with Crippen LogP contribution < -0.4 is 5.73 Å². The monoisotopic (exact) mass is 188 g/mol. The van der Waals surface area contributed by atoms with Crippen LogP contribution in [0.25, 0.3) is 0 Å². The van der Waals surface area contributed by atoms with Gasteiger partial charge in [0, 0.05) is 5.56 Å². The van der Waals surface area contributed by atoms with Gasteiger partial charge in [-0.15, -0.1) is 0 Å². The predicted octanol–water partition coefficient (Wildman–Crippen LogP) is 2.04. The third kappa shape index (κ3) is 1.25. The number of nitrogens with two attached hydrogens (primary N) is 1. The highest BCUT2D eigenvalue weighted by molar-refractivity contribution is 5.77. The van der Waals surface area contributed by atoms with E-state index in [-0.39, 0.29) is 6.02 Å². The second kappa shape index (κ2) is 2.74. The molecule has 72 valence electrons. The predicted molar refractivity (Wildman–Crippen MR) is 54.5 cm³/mol. The molecule has 14 heavy (non-hydrogen) atoms. The molecule has 2 aliphatic rings. The van der Waals surface area contributed by atoms with Crippen LogP contribution in [0.5, 0.6) is 0 Å². The van der Waals surface area contributed by atoms with E-state index in [1.54, 1.807) is 0 Å². The Morgan fingerprint density at radius 2 is 2.21 bits per heavy atom. The van der Waals surface area contributed by atoms with Crippen molar-refractivity contribution in [1.29, 1.82) is 0 Å². The number of nitrogens with zero attached hydrogens (tertiary/aromatic N) is 1. The Kier molecular flexibility index (Phi) is 1.54. The first-order valence-corrected chi connectivity index (χ1v) is 4.93. The molecular weight excluding hydrogens is 176 g/mol. The summed E-state index contributed by atoms with van der Waals surface area (Å²) in [5, 5.41) is 0. The van der Waals surface area contributed by atoms with E-state index in [1.165, 1.54) is 18.4 Å². The van der Waals surface area contributed by atoms with Gasteiger partial charge in [0.1, 0.15) is 6.61 Å². The first-order valence-electron chi connectivity index (χ1n) is 4.93. The minimum atomic E-state index is 0.275. The molecule has 0 saturated heterocycles. The maximum absolute atomic E-state index is 5.49. The van der Waals surface area contributed by atoms with Crippen molar-refractivity contribution < 1.29 is 4.74 Å². The Morgan fingerprint density at radius 3 is 3.00 bits per heavy atom. The number of rotatable bonds is 1. The van der Waals surface area contributed by atoms with Gasteiger partial charge in [-0.05, 0) is 36.5 Å². The number of hydrogen-bond donors (Lipinski definition) is 1. The van der Waals surface area contributed by atoms with Crippen LogP contribution in [-0.2, 0) is 11.3 Å². The summed E-state index contributed by atoms with van der Waals surface area (Å²) in [6.45, 7) is 0.561. The summed E-state index contributed by atoms with van der Waals surface area (Å²) >= 11 is 0. The molecule has 0 spiro atoms. The number of aliphatic imine (C=N–C) groups is 1. The highest BCUT2D eigenvalue weighted by atomic mass is 16.5. The zero-order chi connectivity index (χ0) is 9.54. The quantitative estimate of drug-likeness (QED) is 0.733. The zero-order valence-electron chi connectivity index (χ0n) is 7.86. The standard InChI is InChI=1S/C11H12N2O/c12-11-13-10-4-3-8(7-1-2-7)5-9(10)6-14-11/h3-5,7H,1-2,6H2,(H2,12,13). The van der Waals surface area contributed by atoms with Crippen molar-refractivity contribution in [2.24, 2.45) is 10.7 Å². The topological polar surface area (TPSA) is 47.6 Å². The summed E-state index contributed by atoms with van der Waals surface area (Å²) < 4.78 is 5.19. The fourth-order valence-corrected chi connectivity index (χ4v) is 1.80. The molecule has 0 bridgehead atoms. The second-order valence-electron chi connectivity index (χ2n) is 3.90. The molecule has 0 unspecified atom stereocenters. The van der Waals surface area contributed by atoms with Crippen LogP contribution in [0, 0.1) is 0 Å². The van der Waals surface area contributed by atoms with Crippen LogP contribution in [0.3, 0.4) is 0 Å². The van der Waals surface area contributed by atoms with E-state index in [0.29, 0.717) is 6.61 Å². The van der Waals surface area contributed by atoms with Gasteiger partial charge >= 0.3 is 0 Å². The van der Waals surface area contributed by atoms with Crippen molar-refractivity contribution in [3.05, 3.63) is 29.3 Å². The van der Waals surface area contributed by atoms with Gasteiger partial charge in [0.25, 0.3) is 6.02 Å². The van der Waals surface area contributed by atoms with E-state index in [1.807, 2.05) is 6.07 Å². The summed E-state index contributed by atoms with van der Waals surface area (Å²) in [6, 6.07) is 6.66. The zero-order valence-corrected chi connectivity index (χ0v) is 7.86. The van der Waals surface area contributed by atoms with Gasteiger partial charge in [0.2, 0.25) is 0 Å². The number of ether oxygens (including phenoxy) is 1. The molecule has 0 aromatic heterocycles. The molecule has 3 heteroatoms. The first-order chi connectivity index (χ1) is 6.83. The van der Waals surface area contributed by atoms with E-state index in [0.717, 1.165) is 17.2 Å². The fourth-order valence-electron chi connectivity index (χ4n) is 1.80. The van der Waals surface area contributed by atoms with E-state index < -0.39 is 0 Å². The van der Waals surface area contributed by atoms with Crippen molar-refractivity contribution in [2.75, 3.05) is 0 Å². The van der Waals surface area contributed by atoms with E-state index in [4.69, 9.17) is 10.5 Å². The second-order valence-corrected chi connectivity index (χ2v) is 3.90. The lowest BCUT2D eigenvalue weighted by atomic mass is 10.1. The molecule has 1 saturated carbocycles. The molecule has 3 nitrogen and oxygen atoms in total. The van der Waals surface area contributed by atoms with Crippen molar-refractivity contribution in [3.63, 3.8) is 0 Å². The van der Waals surface area contributed by atoms with Crippen molar-refractivity contribution in [1.82, 2.24) is 0 Å². The summed E-state index contributed by atoms with van der Waals surface area (Å²) in [5.41, 5.74) is 9.02. The van der Waals surface area contributed by atoms with Crippen molar-refractivity contribution >= 4 is 11.7 Å². The molecule has 0 amide bonds. The third-order valence-corrected chi connectivity index (χ3v) is 2.76. The molecule has 1 aliphatic carbocycles. The van der Waals surface area contributed by atoms with Crippen LogP contribution in [-0.4, -0.2) is 6.02 Å². The number of fused-ring (bicyclic) bond motifs is 1. The van der Waals surface area contributed by atoms with Crippen molar-refractivity contribution in [3.8, 4) is 0 Å². The molecule has 3 rings (SSSR count). The summed E-state index contributed by atoms with van der Waals surface area (Å²) in [6.07, 6.45) is 2.65. The van der Waals surface area contributed by atoms with Crippen molar-refractivity contribution in [2.45, 2.75) is 25.4 Å². The van der Waals surface area contributed by atoms with Gasteiger partial charge in [-0.3, -0.25) is 0 Å². The largest absolute Gasteiger partial charge is 0.460 e. The first kappa shape index (κ1) is 7.85. The SMILES string of the molecule is NC1=Nc2ccc(C3CC3)cc2CO1. The van der Waals surface area contributed by atoms with Crippen LogP contribution in [0.4, 0.5) is 5.69 Å². The number of hydrogen-bond acceptors (Lipinski definition) is 3. The molecule has 1 aliphatic heterocycles. The number of amidine groups is 1. The molecule has 0 atom stereocenters. The van der Waals surface area contributed by atoms with Gasteiger partial charge in [-0.2, -0.15) is 4.99 Å². The molecule has 0 radical (unpaired) electrons. The lowest BCUT2D eigenvalue weighted by Crippen LogP contribution is -2.18. The lowest BCUT2D eigenvalue weighted by Gasteiger charge is -2.14. The molecule has 1 aromatic carbocycles. The van der Waals surface area contributed by atoms with Crippen LogP contribution in [0.2, 0.25) is 0 Å². The maximum Gasteiger partial charge on any atom is 0.287 e. The summed E-state index contributed by atoms with van der Waals surface area (Å²) in [4.78, 5) is 4.14. The minimum absolute atomic E-state index is 0.275. The average Bonchev–Trinajstić information content (AvgIpc) is 3.00. The molecule has 1 fully saturated rings. The van der Waals surface area contributed by atoms with Gasteiger partial charge in [-0.1, -0.05) is 6.07 Å². The molecule has 2 N–H and O–H groups in total. The molecule has 1 aromatic rings. The van der Waals surface area contributed by atoms with Gasteiger partial charge < -0.3 is 10.5 Å². The maximum atomic E-state index is 5.49. The highest BCUT2D eigenvalue weighted by Crippen LogP contribution is 2.41. The normalized spacial score (nSPS) is 19.6. The number of benzene rings is 1. The smallest absolute Gasteiger partial charge is 0.287 e. The Hall–Kier alpha value is -1.51. The summed E-state index contributed by atoms with van der Waals surface area (Å²) in [5.74, 6) is 0.781. The van der Waals surface area contributed by atoms with E-state index in [2.05, 4.69) is 17.1 Å². The fraction of sp³-hybridized carbons (Fsp3) is 0.364. The van der Waals surface area contributed by atoms with Crippen LogP contribution >= 0.6 is 0 Å². The molecule has 1 heterocycles. The minimum Gasteiger partial charge on any atom is -0.460 e. The van der Waals surface area contributed by atoms with Crippen LogP contribution in [0.1, 0.15) is 29.9 Å². The van der Waals surface area contributed by atoms with Gasteiger partial charge in [-0.25, -0.2) is 0 Å². The Bertz CT molecular complexity index is 408. The van der Waals surface area contributed by atoms with Gasteiger partial charge in [0.15, 0.2) is 0 Å². The Morgan fingerprint density at radius 1 is 1.36 bits per heavy atom. The van der Waals surface area contributed by atoms with E-state index in [9.17, 15) is 0 Å². The summed E-state index contributed by atoms with van der Waals surface area (Å²) in [7, 11) is 0. The third-order valence-electron chi connectivity index (χ3n) is 2.76. The average molecular weight is 188 g/mol. The van der Waals surface area contributed by atoms with Gasteiger partial charge in [0.05, 0.1) is 5.69 Å².